The van der Waals surface area contributed by atoms with Crippen LogP contribution in [0.25, 0.3) is 0 Å². The van der Waals surface area contributed by atoms with E-state index in [2.05, 4.69) is 32.6 Å². The van der Waals surface area contributed by atoms with Gasteiger partial charge in [-0.2, -0.15) is 0 Å². The molecule has 0 atom stereocenters. The molecular weight excluding hydrogens is 351 g/mol. The van der Waals surface area contributed by atoms with E-state index in [0.717, 1.165) is 13.5 Å². The summed E-state index contributed by atoms with van der Waals surface area (Å²) in [4.78, 5) is 19.7. The highest BCUT2D eigenvalue weighted by molar-refractivity contribution is 14.1. The fourth-order valence-electron chi connectivity index (χ4n) is 1.15. The van der Waals surface area contributed by atoms with Gasteiger partial charge < -0.3 is 5.11 Å². The van der Waals surface area contributed by atoms with E-state index in [4.69, 9.17) is 5.11 Å². The van der Waals surface area contributed by atoms with Crippen molar-refractivity contribution in [3.05, 3.63) is 45.9 Å². The summed E-state index contributed by atoms with van der Waals surface area (Å²) in [5.41, 5.74) is 0.284. The predicted octanol–water partition coefficient (Wildman–Crippen LogP) is 2.93. The molecule has 0 radical (unpaired) electrons. The molecule has 0 aliphatic rings. The van der Waals surface area contributed by atoms with Crippen molar-refractivity contribution in [3.8, 4) is 0 Å². The minimum atomic E-state index is -0.918. The summed E-state index contributed by atoms with van der Waals surface area (Å²) in [6.07, 6.45) is 3.23. The smallest absolute Gasteiger partial charge is 0.335 e. The molecule has 0 aliphatic heterocycles. The fourth-order valence-corrected chi connectivity index (χ4v) is 2.53. The van der Waals surface area contributed by atoms with Crippen molar-refractivity contribution in [1.29, 1.82) is 0 Å². The average molecular weight is 358 g/mol. The minimum Gasteiger partial charge on any atom is -0.478 e. The molecule has 0 fully saturated rings. The zero-order chi connectivity index (χ0) is 12.3. The first-order chi connectivity index (χ1) is 8.16. The monoisotopic (exact) mass is 358 g/mol. The van der Waals surface area contributed by atoms with E-state index in [1.165, 1.54) is 18.1 Å². The normalized spacial score (nSPS) is 10.2. The molecule has 1 aromatic heterocycles. The largest absolute Gasteiger partial charge is 0.478 e. The maximum absolute atomic E-state index is 10.7. The number of hydrogen-bond donors (Lipinski definition) is 1. The van der Waals surface area contributed by atoms with Crippen molar-refractivity contribution in [2.24, 2.45) is 0 Å². The van der Waals surface area contributed by atoms with Crippen molar-refractivity contribution >= 4 is 40.3 Å². The zero-order valence-electron chi connectivity index (χ0n) is 8.50. The average Bonchev–Trinajstić information content (AvgIpc) is 2.33. The topological polar surface area (TPSA) is 63.1 Å². The second kappa shape index (κ2) is 5.46. The molecule has 0 saturated carbocycles. The van der Waals surface area contributed by atoms with Crippen molar-refractivity contribution in [3.63, 3.8) is 0 Å². The Morgan fingerprint density at radius 1 is 1.29 bits per heavy atom. The Balaban J connectivity index is 2.20. The van der Waals surface area contributed by atoms with E-state index in [1.54, 1.807) is 30.5 Å². The first kappa shape index (κ1) is 12.3. The van der Waals surface area contributed by atoms with Crippen LogP contribution in [0, 0.1) is 3.57 Å². The molecule has 0 unspecified atom stereocenters. The summed E-state index contributed by atoms with van der Waals surface area (Å²) >= 11 is 3.65. The van der Waals surface area contributed by atoms with Crippen molar-refractivity contribution in [1.82, 2.24) is 9.97 Å². The van der Waals surface area contributed by atoms with Crippen molar-refractivity contribution in [2.75, 3.05) is 0 Å². The van der Waals surface area contributed by atoms with Crippen LogP contribution in [-0.4, -0.2) is 21.0 Å². The van der Waals surface area contributed by atoms with Crippen LogP contribution in [0.1, 0.15) is 10.4 Å². The number of hydrogen-bond acceptors (Lipinski definition) is 4. The number of carboxylic acid groups (broad SMARTS) is 1. The number of aromatic carboxylic acids is 1. The third-order valence-electron chi connectivity index (χ3n) is 1.95. The van der Waals surface area contributed by atoms with Gasteiger partial charge in [0.1, 0.15) is 11.4 Å². The number of nitrogens with zero attached hydrogens (tertiary/aromatic N) is 2. The molecular formula is C11H7IN2O2S. The molecule has 86 valence electrons. The molecule has 0 saturated heterocycles. The fraction of sp³-hybridized carbons (Fsp3) is 0. The summed E-state index contributed by atoms with van der Waals surface area (Å²) in [5, 5.41) is 9.65. The lowest BCUT2D eigenvalue weighted by atomic mass is 10.2. The third-order valence-corrected chi connectivity index (χ3v) is 4.13. The van der Waals surface area contributed by atoms with Gasteiger partial charge in [-0.05, 0) is 46.9 Å². The van der Waals surface area contributed by atoms with Gasteiger partial charge in [-0.3, -0.25) is 0 Å². The maximum Gasteiger partial charge on any atom is 0.335 e. The summed E-state index contributed by atoms with van der Waals surface area (Å²) in [6.45, 7) is 0. The SMILES string of the molecule is O=C(O)c1ccc(Sc2ncncc2I)cc1. The quantitative estimate of drug-likeness (QED) is 0.675. The van der Waals surface area contributed by atoms with Gasteiger partial charge in [0.25, 0.3) is 0 Å². The first-order valence-corrected chi connectivity index (χ1v) is 6.53. The number of carbonyl (C=O) groups is 1. The highest BCUT2D eigenvalue weighted by Crippen LogP contribution is 2.28. The van der Waals surface area contributed by atoms with Gasteiger partial charge in [-0.25, -0.2) is 14.8 Å². The molecule has 4 nitrogen and oxygen atoms in total. The lowest BCUT2D eigenvalue weighted by Crippen LogP contribution is -1.94. The molecule has 1 heterocycles. The Kier molecular flexibility index (Phi) is 3.95. The van der Waals surface area contributed by atoms with E-state index in [9.17, 15) is 4.79 Å². The lowest BCUT2D eigenvalue weighted by molar-refractivity contribution is 0.0697. The zero-order valence-corrected chi connectivity index (χ0v) is 11.5. The van der Waals surface area contributed by atoms with Crippen LogP contribution in [-0.2, 0) is 0 Å². The van der Waals surface area contributed by atoms with Crippen molar-refractivity contribution in [2.45, 2.75) is 9.92 Å². The van der Waals surface area contributed by atoms with Crippen molar-refractivity contribution < 1.29 is 9.90 Å². The predicted molar refractivity (Wildman–Crippen MR) is 72.3 cm³/mol. The first-order valence-electron chi connectivity index (χ1n) is 4.63. The Morgan fingerprint density at radius 3 is 2.59 bits per heavy atom. The summed E-state index contributed by atoms with van der Waals surface area (Å²) in [6, 6.07) is 6.70. The number of rotatable bonds is 3. The Labute approximate surface area is 116 Å². The van der Waals surface area contributed by atoms with Gasteiger partial charge in [0.15, 0.2) is 0 Å². The molecule has 1 N–H and O–H groups in total. The molecule has 0 amide bonds. The van der Waals surface area contributed by atoms with E-state index in [1.807, 2.05) is 0 Å². The minimum absolute atomic E-state index is 0.284. The number of carboxylic acids is 1. The maximum atomic E-state index is 10.7. The lowest BCUT2D eigenvalue weighted by Gasteiger charge is -2.02. The third kappa shape index (κ3) is 3.16. The van der Waals surface area contributed by atoms with Crippen LogP contribution in [0.4, 0.5) is 0 Å². The van der Waals surface area contributed by atoms with Gasteiger partial charge in [-0.1, -0.05) is 11.8 Å². The van der Waals surface area contributed by atoms with Gasteiger partial charge in [0.05, 0.1) is 9.13 Å². The van der Waals surface area contributed by atoms with E-state index in [-0.39, 0.29) is 5.56 Å². The molecule has 0 spiro atoms. The molecule has 1 aromatic carbocycles. The van der Waals surface area contributed by atoms with Gasteiger partial charge in [-0.15, -0.1) is 0 Å². The standard InChI is InChI=1S/C11H7IN2O2S/c12-9-5-13-6-14-10(9)17-8-3-1-7(2-4-8)11(15)16/h1-6H,(H,15,16). The van der Waals surface area contributed by atoms with Crippen LogP contribution in [0.3, 0.4) is 0 Å². The van der Waals surface area contributed by atoms with Crippen LogP contribution in [0.15, 0.2) is 46.7 Å². The Hall–Kier alpha value is -1.15. The number of halogens is 1. The summed E-state index contributed by atoms with van der Waals surface area (Å²) in [5.74, 6) is -0.918. The van der Waals surface area contributed by atoms with Crippen LogP contribution in [0.5, 0.6) is 0 Å². The van der Waals surface area contributed by atoms with E-state index >= 15 is 0 Å². The summed E-state index contributed by atoms with van der Waals surface area (Å²) in [7, 11) is 0. The molecule has 2 aromatic rings. The number of benzene rings is 1. The van der Waals surface area contributed by atoms with Crippen LogP contribution < -0.4 is 0 Å². The molecule has 0 bridgehead atoms. The van der Waals surface area contributed by atoms with Gasteiger partial charge >= 0.3 is 5.97 Å². The second-order valence-corrected chi connectivity index (χ2v) is 5.33. The van der Waals surface area contributed by atoms with Gasteiger partial charge in [0, 0.05) is 11.1 Å². The molecule has 2 rings (SSSR count). The number of aromatic nitrogens is 2. The molecule has 17 heavy (non-hydrogen) atoms. The Bertz CT molecular complexity index is 545. The Morgan fingerprint density at radius 2 is 2.00 bits per heavy atom. The van der Waals surface area contributed by atoms with Crippen LogP contribution in [0.2, 0.25) is 0 Å². The highest BCUT2D eigenvalue weighted by Gasteiger charge is 2.05. The van der Waals surface area contributed by atoms with Crippen LogP contribution >= 0.6 is 34.4 Å². The van der Waals surface area contributed by atoms with E-state index < -0.39 is 5.97 Å². The molecule has 6 heteroatoms. The second-order valence-electron chi connectivity index (χ2n) is 3.11. The molecule has 0 aliphatic carbocycles. The highest BCUT2D eigenvalue weighted by atomic mass is 127. The summed E-state index contributed by atoms with van der Waals surface area (Å²) < 4.78 is 0.970. The van der Waals surface area contributed by atoms with Gasteiger partial charge in [0.2, 0.25) is 0 Å². The van der Waals surface area contributed by atoms with E-state index in [0.29, 0.717) is 0 Å².